The average molecular weight is 449 g/mol. The van der Waals surface area contributed by atoms with E-state index in [0.717, 1.165) is 17.5 Å². The van der Waals surface area contributed by atoms with E-state index in [9.17, 15) is 9.59 Å². The van der Waals surface area contributed by atoms with Gasteiger partial charge in [-0.3, -0.25) is 14.5 Å². The minimum Gasteiger partial charge on any atom is -0.369 e. The molecule has 33 heavy (non-hydrogen) atoms. The zero-order valence-electron chi connectivity index (χ0n) is 20.3. The number of hydrogen-bond acceptors (Lipinski definition) is 4. The van der Waals surface area contributed by atoms with Crippen molar-refractivity contribution in [1.82, 2.24) is 9.80 Å². The maximum Gasteiger partial charge on any atom is 0.257 e. The molecule has 2 amide bonds. The molecular weight excluding hydrogens is 412 g/mol. The van der Waals surface area contributed by atoms with Gasteiger partial charge in [0.1, 0.15) is 5.54 Å². The second-order valence-corrected chi connectivity index (χ2v) is 9.60. The Morgan fingerprint density at radius 3 is 2.27 bits per heavy atom. The van der Waals surface area contributed by atoms with E-state index < -0.39 is 5.54 Å². The number of aliphatic imine (C=N–C) groups is 1. The van der Waals surface area contributed by atoms with Crippen molar-refractivity contribution in [2.75, 3.05) is 13.6 Å². The van der Waals surface area contributed by atoms with Gasteiger partial charge in [-0.15, -0.1) is 0 Å². The Morgan fingerprint density at radius 1 is 1.03 bits per heavy atom. The van der Waals surface area contributed by atoms with Crippen molar-refractivity contribution in [3.63, 3.8) is 0 Å². The lowest BCUT2D eigenvalue weighted by atomic mass is 9.91. The summed E-state index contributed by atoms with van der Waals surface area (Å²) < 4.78 is 0. The molecule has 0 aliphatic carbocycles. The second kappa shape index (κ2) is 10.6. The summed E-state index contributed by atoms with van der Waals surface area (Å²) in [5, 5.41) is 0. The molecule has 6 nitrogen and oxygen atoms in total. The molecule has 0 saturated carbocycles. The van der Waals surface area contributed by atoms with E-state index in [1.54, 1.807) is 9.80 Å². The van der Waals surface area contributed by atoms with Gasteiger partial charge in [-0.05, 0) is 48.8 Å². The summed E-state index contributed by atoms with van der Waals surface area (Å²) in [4.78, 5) is 33.3. The van der Waals surface area contributed by atoms with Crippen LogP contribution in [0.5, 0.6) is 0 Å². The third kappa shape index (κ3) is 6.44. The number of aryl methyl sites for hydroxylation is 1. The molecule has 3 rings (SSSR count). The van der Waals surface area contributed by atoms with E-state index in [2.05, 4.69) is 31.0 Å². The van der Waals surface area contributed by atoms with Gasteiger partial charge in [-0.1, -0.05) is 68.4 Å². The number of carbonyl (C=O) groups excluding carboxylic acids is 2. The largest absolute Gasteiger partial charge is 0.369 e. The van der Waals surface area contributed by atoms with E-state index in [-0.39, 0.29) is 17.8 Å². The molecule has 2 aromatic rings. The standard InChI is InChI=1S/C27H36N4O2/c1-20(2)18-27(3)25(33)31(26(28)29-27)19-23-12-10-22(11-13-23)14-15-24(32)30(4)17-16-21-8-6-5-7-9-21/h5-13,20H,14-19H2,1-4H3,(H2,28,29). The fraction of sp³-hybridized carbons (Fsp3) is 0.444. The minimum absolute atomic E-state index is 0.0399. The van der Waals surface area contributed by atoms with E-state index in [0.29, 0.717) is 38.3 Å². The van der Waals surface area contributed by atoms with Crippen LogP contribution in [0.25, 0.3) is 0 Å². The first-order valence-corrected chi connectivity index (χ1v) is 11.7. The molecule has 176 valence electrons. The first kappa shape index (κ1) is 24.5. The highest BCUT2D eigenvalue weighted by Crippen LogP contribution is 2.29. The molecule has 0 radical (unpaired) electrons. The first-order valence-electron chi connectivity index (χ1n) is 11.7. The van der Waals surface area contributed by atoms with Crippen LogP contribution >= 0.6 is 0 Å². The lowest BCUT2D eigenvalue weighted by Gasteiger charge is -2.23. The van der Waals surface area contributed by atoms with Gasteiger partial charge in [0.2, 0.25) is 5.91 Å². The van der Waals surface area contributed by atoms with E-state index >= 15 is 0 Å². The van der Waals surface area contributed by atoms with Crippen LogP contribution in [0.2, 0.25) is 0 Å². The Balaban J connectivity index is 1.49. The maximum absolute atomic E-state index is 12.9. The number of hydrogen-bond donors (Lipinski definition) is 1. The summed E-state index contributed by atoms with van der Waals surface area (Å²) in [6, 6.07) is 18.2. The molecule has 0 fully saturated rings. The van der Waals surface area contributed by atoms with Gasteiger partial charge in [0.15, 0.2) is 5.96 Å². The van der Waals surface area contributed by atoms with Crippen molar-refractivity contribution in [1.29, 1.82) is 0 Å². The highest BCUT2D eigenvalue weighted by Gasteiger charge is 2.43. The zero-order chi connectivity index (χ0) is 24.0. The highest BCUT2D eigenvalue weighted by molar-refractivity contribution is 6.06. The number of nitrogens with zero attached hydrogens (tertiary/aromatic N) is 3. The molecule has 1 aliphatic rings. The quantitative estimate of drug-likeness (QED) is 0.601. The zero-order valence-corrected chi connectivity index (χ0v) is 20.3. The maximum atomic E-state index is 12.9. The lowest BCUT2D eigenvalue weighted by Crippen LogP contribution is -2.43. The van der Waals surface area contributed by atoms with Crippen LogP contribution in [-0.4, -0.2) is 46.7 Å². The molecule has 2 aromatic carbocycles. The van der Waals surface area contributed by atoms with Crippen molar-refractivity contribution in [3.8, 4) is 0 Å². The summed E-state index contributed by atoms with van der Waals surface area (Å²) in [6.07, 6.45) is 2.70. The van der Waals surface area contributed by atoms with Crippen LogP contribution in [0.1, 0.15) is 50.3 Å². The van der Waals surface area contributed by atoms with Crippen molar-refractivity contribution in [3.05, 3.63) is 71.3 Å². The van der Waals surface area contributed by atoms with E-state index in [1.165, 1.54) is 5.56 Å². The highest BCUT2D eigenvalue weighted by atomic mass is 16.2. The van der Waals surface area contributed by atoms with Crippen molar-refractivity contribution in [2.24, 2.45) is 16.6 Å². The van der Waals surface area contributed by atoms with Gasteiger partial charge >= 0.3 is 0 Å². The molecule has 0 bridgehead atoms. The van der Waals surface area contributed by atoms with Crippen LogP contribution in [-0.2, 0) is 29.0 Å². The summed E-state index contributed by atoms with van der Waals surface area (Å²) in [6.45, 7) is 7.14. The van der Waals surface area contributed by atoms with Gasteiger partial charge in [-0.25, -0.2) is 4.99 Å². The Kier molecular flexibility index (Phi) is 7.90. The van der Waals surface area contributed by atoms with Crippen molar-refractivity contribution < 1.29 is 9.59 Å². The molecule has 0 spiro atoms. The second-order valence-electron chi connectivity index (χ2n) is 9.60. The number of likely N-dealkylation sites (N-methyl/N-ethyl adjacent to an activating group) is 1. The summed E-state index contributed by atoms with van der Waals surface area (Å²) >= 11 is 0. The molecule has 1 unspecified atom stereocenters. The Hall–Kier alpha value is -3.15. The fourth-order valence-electron chi connectivity index (χ4n) is 4.34. The number of nitrogens with two attached hydrogens (primary N) is 1. The molecule has 1 atom stereocenters. The molecular formula is C27H36N4O2. The van der Waals surface area contributed by atoms with Gasteiger partial charge in [-0.2, -0.15) is 0 Å². The smallest absolute Gasteiger partial charge is 0.257 e. The molecule has 0 saturated heterocycles. The van der Waals surface area contributed by atoms with E-state index in [4.69, 9.17) is 5.73 Å². The van der Waals surface area contributed by atoms with Crippen LogP contribution in [0.3, 0.4) is 0 Å². The van der Waals surface area contributed by atoms with Crippen molar-refractivity contribution >= 4 is 17.8 Å². The Bertz CT molecular complexity index is 985. The summed E-state index contributed by atoms with van der Waals surface area (Å²) in [5.74, 6) is 0.749. The van der Waals surface area contributed by atoms with Crippen LogP contribution in [0, 0.1) is 5.92 Å². The lowest BCUT2D eigenvalue weighted by molar-refractivity contribution is -0.131. The number of amides is 2. The topological polar surface area (TPSA) is 79.0 Å². The normalized spacial score (nSPS) is 18.0. The van der Waals surface area contributed by atoms with Gasteiger partial charge in [0, 0.05) is 20.0 Å². The SMILES string of the molecule is CC(C)CC1(C)N=C(N)N(Cc2ccc(CCC(=O)N(C)CCc3ccccc3)cc2)C1=O. The van der Waals surface area contributed by atoms with Gasteiger partial charge in [0.05, 0.1) is 6.54 Å². The summed E-state index contributed by atoms with van der Waals surface area (Å²) in [5.41, 5.74) is 8.64. The van der Waals surface area contributed by atoms with E-state index in [1.807, 2.05) is 56.4 Å². The first-order chi connectivity index (χ1) is 15.7. The number of guanidine groups is 1. The molecule has 0 aromatic heterocycles. The molecule has 1 heterocycles. The summed E-state index contributed by atoms with van der Waals surface area (Å²) in [7, 11) is 1.86. The minimum atomic E-state index is -0.773. The predicted molar refractivity (Wildman–Crippen MR) is 133 cm³/mol. The third-order valence-electron chi connectivity index (χ3n) is 6.15. The molecule has 1 aliphatic heterocycles. The number of carbonyl (C=O) groups is 2. The number of benzene rings is 2. The predicted octanol–water partition coefficient (Wildman–Crippen LogP) is 3.78. The van der Waals surface area contributed by atoms with Gasteiger partial charge < -0.3 is 10.6 Å². The molecule has 6 heteroatoms. The van der Waals surface area contributed by atoms with Crippen molar-refractivity contribution in [2.45, 2.75) is 58.5 Å². The van der Waals surface area contributed by atoms with Crippen LogP contribution in [0.15, 0.2) is 59.6 Å². The van der Waals surface area contributed by atoms with Crippen LogP contribution < -0.4 is 5.73 Å². The third-order valence-corrected chi connectivity index (χ3v) is 6.15. The average Bonchev–Trinajstić information content (AvgIpc) is 2.99. The molecule has 2 N–H and O–H groups in total. The van der Waals surface area contributed by atoms with Gasteiger partial charge in [0.25, 0.3) is 5.91 Å². The fourth-order valence-corrected chi connectivity index (χ4v) is 4.34. The Morgan fingerprint density at radius 2 is 1.64 bits per heavy atom. The monoisotopic (exact) mass is 448 g/mol. The number of rotatable bonds is 10. The van der Waals surface area contributed by atoms with Crippen LogP contribution in [0.4, 0.5) is 0 Å². The Labute approximate surface area is 197 Å².